The number of nitrogens with zero attached hydrogens (tertiary/aromatic N) is 3. The lowest BCUT2D eigenvalue weighted by Gasteiger charge is -2.33. The number of benzene rings is 1. The molecule has 0 radical (unpaired) electrons. The van der Waals surface area contributed by atoms with E-state index < -0.39 is 11.7 Å². The molecule has 21 heavy (non-hydrogen) atoms. The van der Waals surface area contributed by atoms with Crippen LogP contribution in [0, 0.1) is 0 Å². The molecule has 5 nitrogen and oxygen atoms in total. The smallest absolute Gasteiger partial charge is 0.299 e. The second-order valence-corrected chi connectivity index (χ2v) is 6.42. The quantitative estimate of drug-likeness (QED) is 0.768. The molecule has 1 aromatic rings. The van der Waals surface area contributed by atoms with Gasteiger partial charge in [0.25, 0.3) is 11.7 Å². The Morgan fingerprint density at radius 2 is 1.81 bits per heavy atom. The normalized spacial score (nSPS) is 20.2. The van der Waals surface area contributed by atoms with Gasteiger partial charge < -0.3 is 9.80 Å². The Bertz CT molecular complexity index is 582. The fourth-order valence-corrected chi connectivity index (χ4v) is 3.37. The first-order valence-electron chi connectivity index (χ1n) is 7.13. The van der Waals surface area contributed by atoms with Crippen LogP contribution in [0.1, 0.15) is 10.4 Å². The Balaban J connectivity index is 1.71. The van der Waals surface area contributed by atoms with E-state index in [-0.39, 0.29) is 0 Å². The van der Waals surface area contributed by atoms with Crippen LogP contribution in [0.15, 0.2) is 22.7 Å². The molecule has 0 bridgehead atoms. The van der Waals surface area contributed by atoms with E-state index in [1.165, 1.54) is 0 Å². The van der Waals surface area contributed by atoms with Gasteiger partial charge in [-0.3, -0.25) is 14.5 Å². The summed E-state index contributed by atoms with van der Waals surface area (Å²) in [6.07, 6.45) is 0. The standard InChI is InChI=1S/C15H18BrN3O2/c1-17-5-7-18(8-6-17)9-10-19-12-4-2-3-11(16)13(12)14(20)15(19)21/h2-4H,5-10H2,1H3. The molecule has 6 heteroatoms. The topological polar surface area (TPSA) is 43.9 Å². The third-order valence-electron chi connectivity index (χ3n) is 4.18. The molecule has 2 aliphatic rings. The van der Waals surface area contributed by atoms with Crippen LogP contribution in [0.4, 0.5) is 5.69 Å². The first-order valence-corrected chi connectivity index (χ1v) is 7.93. The van der Waals surface area contributed by atoms with Crippen molar-refractivity contribution in [2.45, 2.75) is 0 Å². The molecule has 0 atom stereocenters. The summed E-state index contributed by atoms with van der Waals surface area (Å²) in [5.41, 5.74) is 1.23. The molecule has 0 N–H and O–H groups in total. The van der Waals surface area contributed by atoms with Crippen molar-refractivity contribution in [2.24, 2.45) is 0 Å². The van der Waals surface area contributed by atoms with Gasteiger partial charge in [-0.05, 0) is 35.1 Å². The van der Waals surface area contributed by atoms with Crippen molar-refractivity contribution >= 4 is 33.3 Å². The van der Waals surface area contributed by atoms with Gasteiger partial charge in [-0.15, -0.1) is 0 Å². The zero-order chi connectivity index (χ0) is 15.0. The number of hydrogen-bond donors (Lipinski definition) is 0. The van der Waals surface area contributed by atoms with Gasteiger partial charge >= 0.3 is 0 Å². The largest absolute Gasteiger partial charge is 0.304 e. The van der Waals surface area contributed by atoms with Gasteiger partial charge in [0.05, 0.1) is 11.3 Å². The highest BCUT2D eigenvalue weighted by molar-refractivity contribution is 9.10. The molecule has 1 aromatic carbocycles. The third kappa shape index (κ3) is 2.75. The summed E-state index contributed by atoms with van der Waals surface area (Å²) in [4.78, 5) is 30.5. The van der Waals surface area contributed by atoms with Crippen LogP contribution in [0.25, 0.3) is 0 Å². The Labute approximate surface area is 132 Å². The van der Waals surface area contributed by atoms with Gasteiger partial charge in [0.1, 0.15) is 0 Å². The first-order chi connectivity index (χ1) is 10.1. The monoisotopic (exact) mass is 351 g/mol. The molecule has 0 aromatic heterocycles. The van der Waals surface area contributed by atoms with E-state index in [1.54, 1.807) is 11.0 Å². The number of amides is 1. The number of likely N-dealkylation sites (N-methyl/N-ethyl adjacent to an activating group) is 1. The third-order valence-corrected chi connectivity index (χ3v) is 4.85. The van der Waals surface area contributed by atoms with Crippen LogP contribution >= 0.6 is 15.9 Å². The molecule has 112 valence electrons. The van der Waals surface area contributed by atoms with Crippen molar-refractivity contribution in [3.8, 4) is 0 Å². The fourth-order valence-electron chi connectivity index (χ4n) is 2.84. The Kier molecular flexibility index (Phi) is 4.10. The van der Waals surface area contributed by atoms with Crippen molar-refractivity contribution in [1.29, 1.82) is 0 Å². The van der Waals surface area contributed by atoms with Crippen molar-refractivity contribution in [3.63, 3.8) is 0 Å². The maximum Gasteiger partial charge on any atom is 0.299 e. The number of piperazine rings is 1. The Morgan fingerprint density at radius 3 is 2.52 bits per heavy atom. The number of anilines is 1. The molecule has 0 saturated carbocycles. The lowest BCUT2D eigenvalue weighted by Crippen LogP contribution is -2.47. The maximum atomic E-state index is 12.2. The summed E-state index contributed by atoms with van der Waals surface area (Å²) >= 11 is 3.36. The summed E-state index contributed by atoms with van der Waals surface area (Å²) < 4.78 is 0.695. The van der Waals surface area contributed by atoms with Crippen LogP contribution in [0.2, 0.25) is 0 Å². The van der Waals surface area contributed by atoms with Crippen molar-refractivity contribution in [3.05, 3.63) is 28.2 Å². The summed E-state index contributed by atoms with van der Waals surface area (Å²) in [5, 5.41) is 0. The molecular weight excluding hydrogens is 334 g/mol. The molecule has 2 aliphatic heterocycles. The molecule has 2 heterocycles. The Morgan fingerprint density at radius 1 is 1.10 bits per heavy atom. The van der Waals surface area contributed by atoms with E-state index in [4.69, 9.17) is 0 Å². The van der Waals surface area contributed by atoms with Gasteiger partial charge in [0.2, 0.25) is 0 Å². The minimum absolute atomic E-state index is 0.407. The molecular formula is C15H18BrN3O2. The molecule has 1 fully saturated rings. The van der Waals surface area contributed by atoms with Gasteiger partial charge in [0, 0.05) is 43.7 Å². The van der Waals surface area contributed by atoms with Gasteiger partial charge in [-0.25, -0.2) is 0 Å². The van der Waals surface area contributed by atoms with E-state index in [0.717, 1.165) is 38.4 Å². The SMILES string of the molecule is CN1CCN(CCN2C(=O)C(=O)c3c(Br)cccc32)CC1. The van der Waals surface area contributed by atoms with E-state index in [2.05, 4.69) is 32.8 Å². The predicted octanol–water partition coefficient (Wildman–Crippen LogP) is 1.23. The first kappa shape index (κ1) is 14.7. The summed E-state index contributed by atoms with van der Waals surface area (Å²) in [7, 11) is 2.12. The van der Waals surface area contributed by atoms with Crippen molar-refractivity contribution < 1.29 is 9.59 Å². The van der Waals surface area contributed by atoms with E-state index in [0.29, 0.717) is 16.6 Å². The highest BCUT2D eigenvalue weighted by atomic mass is 79.9. The number of carbonyl (C=O) groups excluding carboxylic acids is 2. The van der Waals surface area contributed by atoms with Crippen LogP contribution in [-0.2, 0) is 4.79 Å². The number of rotatable bonds is 3. The van der Waals surface area contributed by atoms with E-state index in [9.17, 15) is 9.59 Å². The second kappa shape index (κ2) is 5.87. The number of carbonyl (C=O) groups is 2. The highest BCUT2D eigenvalue weighted by Crippen LogP contribution is 2.34. The maximum absolute atomic E-state index is 12.2. The van der Waals surface area contributed by atoms with Crippen LogP contribution < -0.4 is 4.90 Å². The number of halogens is 1. The van der Waals surface area contributed by atoms with Crippen LogP contribution in [-0.4, -0.2) is 67.8 Å². The Hall–Kier alpha value is -1.24. The van der Waals surface area contributed by atoms with Gasteiger partial charge in [-0.2, -0.15) is 0 Å². The highest BCUT2D eigenvalue weighted by Gasteiger charge is 2.37. The summed E-state index contributed by atoms with van der Waals surface area (Å²) in [5.74, 6) is -0.818. The number of fused-ring (bicyclic) bond motifs is 1. The van der Waals surface area contributed by atoms with E-state index in [1.807, 2.05) is 12.1 Å². The van der Waals surface area contributed by atoms with Gasteiger partial charge in [-0.1, -0.05) is 6.07 Å². The average molecular weight is 352 g/mol. The number of Topliss-reactive ketones (excluding diaryl/α,β-unsaturated/α-hetero) is 1. The minimum atomic E-state index is -0.411. The molecule has 0 unspecified atom stereocenters. The molecule has 1 amide bonds. The molecule has 3 rings (SSSR count). The van der Waals surface area contributed by atoms with Crippen LogP contribution in [0.5, 0.6) is 0 Å². The average Bonchev–Trinajstić information content (AvgIpc) is 2.72. The van der Waals surface area contributed by atoms with Crippen molar-refractivity contribution in [1.82, 2.24) is 9.80 Å². The minimum Gasteiger partial charge on any atom is -0.304 e. The van der Waals surface area contributed by atoms with E-state index >= 15 is 0 Å². The van der Waals surface area contributed by atoms with Crippen LogP contribution in [0.3, 0.4) is 0 Å². The number of ketones is 1. The summed E-state index contributed by atoms with van der Waals surface area (Å²) in [6, 6.07) is 5.50. The molecule has 0 spiro atoms. The zero-order valence-corrected chi connectivity index (χ0v) is 13.6. The fraction of sp³-hybridized carbons (Fsp3) is 0.467. The molecule has 0 aliphatic carbocycles. The zero-order valence-electron chi connectivity index (χ0n) is 12.0. The second-order valence-electron chi connectivity index (χ2n) is 5.56. The lowest BCUT2D eigenvalue weighted by molar-refractivity contribution is -0.114. The molecule has 1 saturated heterocycles. The van der Waals surface area contributed by atoms with Crippen molar-refractivity contribution in [2.75, 3.05) is 51.2 Å². The predicted molar refractivity (Wildman–Crippen MR) is 84.8 cm³/mol. The lowest BCUT2D eigenvalue weighted by atomic mass is 10.1. The van der Waals surface area contributed by atoms with Gasteiger partial charge in [0.15, 0.2) is 0 Å². The number of hydrogen-bond acceptors (Lipinski definition) is 4. The summed E-state index contributed by atoms with van der Waals surface area (Å²) in [6.45, 7) is 5.50.